The molecule has 0 saturated carbocycles. The molecule has 1 aromatic carbocycles. The summed E-state index contributed by atoms with van der Waals surface area (Å²) in [5, 5.41) is 9.26. The van der Waals surface area contributed by atoms with E-state index in [0.717, 1.165) is 17.2 Å². The van der Waals surface area contributed by atoms with Gasteiger partial charge in [-0.25, -0.2) is 4.79 Å². The van der Waals surface area contributed by atoms with E-state index in [1.807, 2.05) is 31.2 Å². The monoisotopic (exact) mass is 202 g/mol. The maximum Gasteiger partial charge on any atom is 0.339 e. The quantitative estimate of drug-likeness (QED) is 0.772. The van der Waals surface area contributed by atoms with E-state index >= 15 is 0 Å². The van der Waals surface area contributed by atoms with Crippen molar-refractivity contribution in [3.05, 3.63) is 52.4 Å². The summed E-state index contributed by atoms with van der Waals surface area (Å²) in [6.07, 6.45) is 0. The highest BCUT2D eigenvalue weighted by atomic mass is 16.4. The molecule has 2 aromatic rings. The van der Waals surface area contributed by atoms with Crippen LogP contribution in [0.4, 0.5) is 0 Å². The summed E-state index contributed by atoms with van der Waals surface area (Å²) >= 11 is 0. The van der Waals surface area contributed by atoms with Crippen LogP contribution < -0.4 is 5.63 Å². The van der Waals surface area contributed by atoms with Crippen molar-refractivity contribution in [2.45, 2.75) is 6.92 Å². The molecule has 0 aliphatic heterocycles. The molecule has 0 saturated heterocycles. The predicted octanol–water partition coefficient (Wildman–Crippen LogP) is 2.32. The largest absolute Gasteiger partial charge is 0.508 e. The lowest BCUT2D eigenvalue weighted by molar-refractivity contribution is 0.453. The lowest BCUT2D eigenvalue weighted by atomic mass is 10.1. The molecule has 3 heteroatoms. The van der Waals surface area contributed by atoms with Crippen LogP contribution in [0, 0.1) is 6.92 Å². The van der Waals surface area contributed by atoms with Crippen molar-refractivity contribution >= 4 is 0 Å². The van der Waals surface area contributed by atoms with Crippen LogP contribution in [0.2, 0.25) is 0 Å². The Kier molecular flexibility index (Phi) is 2.29. The first-order valence-electron chi connectivity index (χ1n) is 4.56. The van der Waals surface area contributed by atoms with Gasteiger partial charge < -0.3 is 9.52 Å². The highest BCUT2D eigenvalue weighted by Gasteiger charge is 2.03. The maximum atomic E-state index is 11.0. The summed E-state index contributed by atoms with van der Waals surface area (Å²) in [6.45, 7) is 1.95. The van der Waals surface area contributed by atoms with Gasteiger partial charge in [-0.3, -0.25) is 0 Å². The summed E-state index contributed by atoms with van der Waals surface area (Å²) in [7, 11) is 0. The molecule has 0 bridgehead atoms. The van der Waals surface area contributed by atoms with E-state index in [9.17, 15) is 9.90 Å². The van der Waals surface area contributed by atoms with E-state index in [4.69, 9.17) is 4.42 Å². The average molecular weight is 202 g/mol. The van der Waals surface area contributed by atoms with E-state index in [1.54, 1.807) is 0 Å². The Morgan fingerprint density at radius 2 is 2.00 bits per heavy atom. The Balaban J connectivity index is 2.59. The zero-order chi connectivity index (χ0) is 10.8. The third kappa shape index (κ3) is 2.07. The minimum atomic E-state index is -0.550. The zero-order valence-corrected chi connectivity index (χ0v) is 8.23. The molecule has 0 aliphatic rings. The minimum absolute atomic E-state index is 0.0808. The molecule has 1 N–H and O–H groups in total. The smallest absolute Gasteiger partial charge is 0.339 e. The molecule has 0 fully saturated rings. The number of hydrogen-bond acceptors (Lipinski definition) is 3. The molecule has 2 rings (SSSR count). The molecule has 0 unspecified atom stereocenters. The van der Waals surface area contributed by atoms with Crippen LogP contribution in [-0.4, -0.2) is 5.11 Å². The van der Waals surface area contributed by atoms with Crippen LogP contribution in [0.25, 0.3) is 11.3 Å². The van der Waals surface area contributed by atoms with Gasteiger partial charge in [0.15, 0.2) is 0 Å². The van der Waals surface area contributed by atoms with Crippen LogP contribution in [0.5, 0.6) is 5.75 Å². The zero-order valence-electron chi connectivity index (χ0n) is 8.23. The molecule has 0 atom stereocenters. The maximum absolute atomic E-state index is 11.0. The molecule has 0 aliphatic carbocycles. The van der Waals surface area contributed by atoms with Crippen LogP contribution in [0.1, 0.15) is 5.56 Å². The summed E-state index contributed by atoms with van der Waals surface area (Å²) in [5.74, 6) is 0.298. The first kappa shape index (κ1) is 9.52. The van der Waals surface area contributed by atoms with Gasteiger partial charge in [0.25, 0.3) is 0 Å². The van der Waals surface area contributed by atoms with Gasteiger partial charge in [0.1, 0.15) is 11.5 Å². The minimum Gasteiger partial charge on any atom is -0.508 e. The second kappa shape index (κ2) is 3.61. The van der Waals surface area contributed by atoms with Crippen molar-refractivity contribution in [2.75, 3.05) is 0 Å². The van der Waals surface area contributed by atoms with Gasteiger partial charge in [0.2, 0.25) is 0 Å². The second-order valence-corrected chi connectivity index (χ2v) is 3.37. The molecule has 76 valence electrons. The van der Waals surface area contributed by atoms with Crippen LogP contribution >= 0.6 is 0 Å². The molecule has 0 spiro atoms. The Morgan fingerprint density at radius 3 is 2.67 bits per heavy atom. The normalized spacial score (nSPS) is 10.2. The fraction of sp³-hybridized carbons (Fsp3) is 0.0833. The van der Waals surface area contributed by atoms with E-state index in [1.165, 1.54) is 6.07 Å². The van der Waals surface area contributed by atoms with Crippen LogP contribution in [-0.2, 0) is 0 Å². The van der Waals surface area contributed by atoms with E-state index in [-0.39, 0.29) is 5.75 Å². The van der Waals surface area contributed by atoms with Crippen LogP contribution in [0.3, 0.4) is 0 Å². The average Bonchev–Trinajstić information content (AvgIpc) is 2.16. The lowest BCUT2D eigenvalue weighted by Gasteiger charge is -2.01. The van der Waals surface area contributed by atoms with Crippen molar-refractivity contribution in [3.8, 4) is 17.1 Å². The number of rotatable bonds is 1. The predicted molar refractivity (Wildman–Crippen MR) is 56.8 cm³/mol. The SMILES string of the molecule is Cc1cccc(-c2cc(O)cc(=O)o2)c1. The molecule has 1 heterocycles. The Morgan fingerprint density at radius 1 is 1.20 bits per heavy atom. The Bertz CT molecular complexity index is 541. The highest BCUT2D eigenvalue weighted by molar-refractivity contribution is 5.59. The summed E-state index contributed by atoms with van der Waals surface area (Å²) < 4.78 is 4.98. The third-order valence-electron chi connectivity index (χ3n) is 2.06. The van der Waals surface area contributed by atoms with Gasteiger partial charge in [-0.2, -0.15) is 0 Å². The van der Waals surface area contributed by atoms with Crippen molar-refractivity contribution in [2.24, 2.45) is 0 Å². The van der Waals surface area contributed by atoms with Gasteiger partial charge in [-0.15, -0.1) is 0 Å². The summed E-state index contributed by atoms with van der Waals surface area (Å²) in [5.41, 5.74) is 1.30. The third-order valence-corrected chi connectivity index (χ3v) is 2.06. The van der Waals surface area contributed by atoms with Gasteiger partial charge in [-0.05, 0) is 13.0 Å². The van der Waals surface area contributed by atoms with Crippen LogP contribution in [0.15, 0.2) is 45.6 Å². The molecular formula is C12H10O3. The molecule has 3 nitrogen and oxygen atoms in total. The number of aromatic hydroxyl groups is 1. The molecule has 0 radical (unpaired) electrons. The molecule has 0 amide bonds. The number of hydrogen-bond donors (Lipinski definition) is 1. The van der Waals surface area contributed by atoms with E-state index < -0.39 is 5.63 Å². The number of aryl methyl sites for hydroxylation is 1. The van der Waals surface area contributed by atoms with Crippen molar-refractivity contribution < 1.29 is 9.52 Å². The fourth-order valence-electron chi connectivity index (χ4n) is 1.40. The first-order valence-corrected chi connectivity index (χ1v) is 4.56. The highest BCUT2D eigenvalue weighted by Crippen LogP contribution is 2.21. The number of benzene rings is 1. The van der Waals surface area contributed by atoms with Crippen molar-refractivity contribution in [3.63, 3.8) is 0 Å². The fourth-order valence-corrected chi connectivity index (χ4v) is 1.40. The first-order chi connectivity index (χ1) is 7.15. The summed E-state index contributed by atoms with van der Waals surface area (Å²) in [4.78, 5) is 11.0. The van der Waals surface area contributed by atoms with Gasteiger partial charge in [0, 0.05) is 11.6 Å². The molecular weight excluding hydrogens is 192 g/mol. The van der Waals surface area contributed by atoms with Gasteiger partial charge >= 0.3 is 5.63 Å². The van der Waals surface area contributed by atoms with Crippen molar-refractivity contribution in [1.82, 2.24) is 0 Å². The van der Waals surface area contributed by atoms with E-state index in [2.05, 4.69) is 0 Å². The standard InChI is InChI=1S/C12H10O3/c1-8-3-2-4-9(5-8)11-6-10(13)7-12(14)15-11/h2-7,13H,1H3. The Hall–Kier alpha value is -2.03. The Labute approximate surface area is 86.6 Å². The second-order valence-electron chi connectivity index (χ2n) is 3.37. The van der Waals surface area contributed by atoms with Crippen molar-refractivity contribution in [1.29, 1.82) is 0 Å². The molecule has 15 heavy (non-hydrogen) atoms. The lowest BCUT2D eigenvalue weighted by Crippen LogP contribution is -1.96. The van der Waals surface area contributed by atoms with Gasteiger partial charge in [-0.1, -0.05) is 23.8 Å². The van der Waals surface area contributed by atoms with E-state index in [0.29, 0.717) is 5.76 Å². The topological polar surface area (TPSA) is 50.4 Å². The summed E-state index contributed by atoms with van der Waals surface area (Å²) in [6, 6.07) is 10.00. The molecule has 1 aromatic heterocycles. The van der Waals surface area contributed by atoms with Gasteiger partial charge in [0.05, 0.1) is 6.07 Å².